The minimum absolute atomic E-state index is 0.169. The number of carbonyl (C=O) groups excluding carboxylic acids is 2. The molecule has 11 heteroatoms. The minimum Gasteiger partial charge on any atom is -0.384 e. The van der Waals surface area contributed by atoms with Crippen LogP contribution in [0.2, 0.25) is 0 Å². The Labute approximate surface area is 232 Å². The van der Waals surface area contributed by atoms with Crippen LogP contribution in [0.4, 0.5) is 13.2 Å². The van der Waals surface area contributed by atoms with Gasteiger partial charge < -0.3 is 20.5 Å². The molecule has 4 rings (SSSR count). The molecule has 1 aliphatic heterocycles. The third kappa shape index (κ3) is 7.38. The predicted molar refractivity (Wildman–Crippen MR) is 142 cm³/mol. The second kappa shape index (κ2) is 12.7. The first kappa shape index (κ1) is 30.0. The van der Waals surface area contributed by atoms with E-state index in [9.17, 15) is 27.9 Å². The highest BCUT2D eigenvalue weighted by molar-refractivity contribution is 5.96. The van der Waals surface area contributed by atoms with Gasteiger partial charge in [-0.1, -0.05) is 19.1 Å². The van der Waals surface area contributed by atoms with Gasteiger partial charge in [0.15, 0.2) is 0 Å². The molecule has 2 aromatic rings. The van der Waals surface area contributed by atoms with Crippen LogP contribution in [0.1, 0.15) is 66.3 Å². The zero-order valence-corrected chi connectivity index (χ0v) is 22.8. The number of halogens is 3. The Bertz CT molecular complexity index is 1180. The lowest BCUT2D eigenvalue weighted by molar-refractivity contribution is -0.137. The summed E-state index contributed by atoms with van der Waals surface area (Å²) >= 11 is 0. The van der Waals surface area contributed by atoms with E-state index in [4.69, 9.17) is 4.74 Å². The molecule has 0 unspecified atom stereocenters. The fourth-order valence-corrected chi connectivity index (χ4v) is 5.54. The van der Waals surface area contributed by atoms with Crippen molar-refractivity contribution in [2.24, 2.45) is 0 Å². The number of amides is 2. The van der Waals surface area contributed by atoms with Crippen molar-refractivity contribution in [2.75, 3.05) is 26.2 Å². The predicted octanol–water partition coefficient (Wildman–Crippen LogP) is 3.56. The van der Waals surface area contributed by atoms with E-state index in [0.717, 1.165) is 43.2 Å². The summed E-state index contributed by atoms with van der Waals surface area (Å²) in [5.74, 6) is -1.20. The summed E-state index contributed by atoms with van der Waals surface area (Å²) in [7, 11) is 0. The summed E-state index contributed by atoms with van der Waals surface area (Å²) in [5, 5.41) is 16.6. The quantitative estimate of drug-likeness (QED) is 0.432. The van der Waals surface area contributed by atoms with Crippen molar-refractivity contribution in [1.29, 1.82) is 0 Å². The highest BCUT2D eigenvalue weighted by atomic mass is 19.4. The number of nitrogens with zero attached hydrogens (tertiary/aromatic N) is 2. The Morgan fingerprint density at radius 3 is 2.55 bits per heavy atom. The highest BCUT2D eigenvalue weighted by Crippen LogP contribution is 2.39. The Hall–Kier alpha value is -3.02. The molecule has 0 spiro atoms. The molecule has 218 valence electrons. The molecule has 2 heterocycles. The molecule has 1 aromatic carbocycles. The molecule has 1 saturated heterocycles. The van der Waals surface area contributed by atoms with E-state index in [1.807, 2.05) is 32.0 Å². The third-order valence-corrected chi connectivity index (χ3v) is 7.70. The number of carbonyl (C=O) groups is 2. The maximum Gasteiger partial charge on any atom is 0.416 e. The zero-order valence-electron chi connectivity index (χ0n) is 22.8. The van der Waals surface area contributed by atoms with Crippen LogP contribution in [0.3, 0.4) is 0 Å². The molecule has 1 aromatic heterocycles. The van der Waals surface area contributed by atoms with Crippen molar-refractivity contribution in [1.82, 2.24) is 20.5 Å². The number of benzene rings is 1. The van der Waals surface area contributed by atoms with Gasteiger partial charge in [-0.3, -0.25) is 19.5 Å². The lowest BCUT2D eigenvalue weighted by atomic mass is 9.79. The number of aryl methyl sites for hydroxylation is 1. The molecular weight excluding hydrogens is 525 g/mol. The molecule has 1 saturated carbocycles. The van der Waals surface area contributed by atoms with Crippen LogP contribution in [-0.4, -0.2) is 71.2 Å². The molecule has 2 amide bonds. The number of rotatable bonds is 9. The number of alkyl halides is 3. The Kier molecular flexibility index (Phi) is 9.48. The van der Waals surface area contributed by atoms with Crippen molar-refractivity contribution < 1.29 is 32.6 Å². The first-order valence-corrected chi connectivity index (χ1v) is 13.8. The van der Waals surface area contributed by atoms with Crippen molar-refractivity contribution in [3.8, 4) is 0 Å². The van der Waals surface area contributed by atoms with Gasteiger partial charge >= 0.3 is 6.18 Å². The van der Waals surface area contributed by atoms with E-state index in [0.29, 0.717) is 38.2 Å². The van der Waals surface area contributed by atoms with Crippen LogP contribution in [0.15, 0.2) is 42.5 Å². The topological polar surface area (TPSA) is 104 Å². The van der Waals surface area contributed by atoms with Crippen LogP contribution in [-0.2, 0) is 21.3 Å². The average Bonchev–Trinajstić information content (AvgIpc) is 3.32. The first-order valence-electron chi connectivity index (χ1n) is 13.8. The molecule has 8 nitrogen and oxygen atoms in total. The van der Waals surface area contributed by atoms with Gasteiger partial charge in [0.2, 0.25) is 5.91 Å². The minimum atomic E-state index is -4.57. The maximum absolute atomic E-state index is 13.0. The van der Waals surface area contributed by atoms with Gasteiger partial charge in [0.1, 0.15) is 5.60 Å². The summed E-state index contributed by atoms with van der Waals surface area (Å²) in [6, 6.07) is 9.68. The fraction of sp³-hybridized carbons (Fsp3) is 0.552. The molecule has 2 fully saturated rings. The summed E-state index contributed by atoms with van der Waals surface area (Å²) in [6.45, 7) is 5.28. The van der Waals surface area contributed by atoms with Gasteiger partial charge in [-0.2, -0.15) is 13.2 Å². The number of ether oxygens (including phenoxy) is 1. The van der Waals surface area contributed by atoms with Gasteiger partial charge in [0, 0.05) is 37.0 Å². The van der Waals surface area contributed by atoms with Gasteiger partial charge in [-0.25, -0.2) is 0 Å². The van der Waals surface area contributed by atoms with Crippen LogP contribution >= 0.6 is 0 Å². The van der Waals surface area contributed by atoms with Crippen molar-refractivity contribution in [3.63, 3.8) is 0 Å². The number of aromatic nitrogens is 1. The van der Waals surface area contributed by atoms with Gasteiger partial charge in [-0.05, 0) is 69.4 Å². The molecule has 2 aliphatic rings. The first-order chi connectivity index (χ1) is 19.0. The summed E-state index contributed by atoms with van der Waals surface area (Å²) < 4.78 is 44.9. The molecule has 0 radical (unpaired) electrons. The van der Waals surface area contributed by atoms with Crippen molar-refractivity contribution in [2.45, 2.75) is 75.9 Å². The van der Waals surface area contributed by atoms with E-state index in [1.165, 1.54) is 6.07 Å². The summed E-state index contributed by atoms with van der Waals surface area (Å²) in [4.78, 5) is 31.9. The van der Waals surface area contributed by atoms with Crippen molar-refractivity contribution in [3.05, 3.63) is 65.0 Å². The Morgan fingerprint density at radius 2 is 1.88 bits per heavy atom. The number of aliphatic hydroxyl groups is 1. The maximum atomic E-state index is 13.0. The second-order valence-corrected chi connectivity index (χ2v) is 10.7. The third-order valence-electron chi connectivity index (χ3n) is 7.70. The normalized spacial score (nSPS) is 25.5. The SMILES string of the molecule is CCCO[C@@H]1CN(C2CCC(O)(c3cccc(C)n3)CC2)C[C@@H]1NC(=O)CNC(=O)c1cccc(C(F)(F)F)c1. The van der Waals surface area contributed by atoms with E-state index < -0.39 is 29.2 Å². The van der Waals surface area contributed by atoms with Gasteiger partial charge in [-0.15, -0.1) is 0 Å². The van der Waals surface area contributed by atoms with E-state index >= 15 is 0 Å². The number of hydrogen-bond acceptors (Lipinski definition) is 6. The Morgan fingerprint density at radius 1 is 1.15 bits per heavy atom. The number of hydrogen-bond donors (Lipinski definition) is 3. The van der Waals surface area contributed by atoms with Crippen LogP contribution in [0, 0.1) is 6.92 Å². The average molecular weight is 563 g/mol. The van der Waals surface area contributed by atoms with E-state index in [-0.39, 0.29) is 30.3 Å². The number of pyridine rings is 1. The number of likely N-dealkylation sites (tertiary alicyclic amines) is 1. The standard InChI is InChI=1S/C29H37F3N4O4/c1-3-14-40-24-18-36(22-10-12-28(39,13-11-22)25-9-4-6-19(2)34-25)17-23(24)35-26(37)16-33-27(38)20-7-5-8-21(15-20)29(30,31)32/h4-9,15,22-24,39H,3,10-14,16-18H2,1-2H3,(H,33,38)(H,35,37)/t22?,23-,24+,28?/m0/s1. The highest BCUT2D eigenvalue weighted by Gasteiger charge is 2.42. The van der Waals surface area contributed by atoms with E-state index in [2.05, 4.69) is 20.5 Å². The molecular formula is C29H37F3N4O4. The summed E-state index contributed by atoms with van der Waals surface area (Å²) in [5.41, 5.74) is -0.479. The van der Waals surface area contributed by atoms with Crippen LogP contribution in [0.25, 0.3) is 0 Å². The molecule has 3 N–H and O–H groups in total. The van der Waals surface area contributed by atoms with Crippen LogP contribution < -0.4 is 10.6 Å². The second-order valence-electron chi connectivity index (χ2n) is 10.7. The van der Waals surface area contributed by atoms with E-state index in [1.54, 1.807) is 0 Å². The fourth-order valence-electron chi connectivity index (χ4n) is 5.54. The van der Waals surface area contributed by atoms with Gasteiger partial charge in [0.25, 0.3) is 5.91 Å². The smallest absolute Gasteiger partial charge is 0.384 e. The lowest BCUT2D eigenvalue weighted by Gasteiger charge is -2.39. The lowest BCUT2D eigenvalue weighted by Crippen LogP contribution is -2.48. The molecule has 1 aliphatic carbocycles. The molecule has 2 atom stereocenters. The number of nitrogens with one attached hydrogen (secondary N) is 2. The monoisotopic (exact) mass is 562 g/mol. The van der Waals surface area contributed by atoms with Crippen molar-refractivity contribution >= 4 is 11.8 Å². The van der Waals surface area contributed by atoms with Gasteiger partial charge in [0.05, 0.1) is 29.9 Å². The zero-order chi connectivity index (χ0) is 28.9. The molecule has 0 bridgehead atoms. The Balaban J connectivity index is 1.32. The largest absolute Gasteiger partial charge is 0.416 e. The summed E-state index contributed by atoms with van der Waals surface area (Å²) in [6.07, 6.45) is -1.25. The van der Waals surface area contributed by atoms with Crippen LogP contribution in [0.5, 0.6) is 0 Å². The molecule has 40 heavy (non-hydrogen) atoms.